The van der Waals surface area contributed by atoms with Crippen molar-refractivity contribution in [2.24, 2.45) is 5.41 Å². The molecule has 2 atom stereocenters. The smallest absolute Gasteiger partial charge is 0.0679 e. The number of aliphatic hydroxyl groups is 1. The van der Waals surface area contributed by atoms with Crippen LogP contribution in [0.4, 0.5) is 0 Å². The second-order valence-corrected chi connectivity index (χ2v) is 6.96. The van der Waals surface area contributed by atoms with Gasteiger partial charge < -0.3 is 15.3 Å². The average Bonchev–Trinajstić information content (AvgIpc) is 2.84. The fraction of sp³-hybridized carbons (Fsp3) is 0.667. The lowest BCUT2D eigenvalue weighted by Gasteiger charge is -2.38. The van der Waals surface area contributed by atoms with E-state index >= 15 is 0 Å². The summed E-state index contributed by atoms with van der Waals surface area (Å²) in [5.41, 5.74) is 1.48. The molecule has 2 N–H and O–H groups in total. The van der Waals surface area contributed by atoms with Crippen LogP contribution < -0.4 is 5.32 Å². The Kier molecular flexibility index (Phi) is 5.80. The van der Waals surface area contributed by atoms with Crippen molar-refractivity contribution in [3.05, 3.63) is 35.9 Å². The monoisotopic (exact) mass is 290 g/mol. The van der Waals surface area contributed by atoms with Gasteiger partial charge in [0.25, 0.3) is 0 Å². The van der Waals surface area contributed by atoms with E-state index in [2.05, 4.69) is 61.3 Å². The molecule has 0 aromatic heterocycles. The van der Waals surface area contributed by atoms with E-state index in [4.69, 9.17) is 0 Å². The van der Waals surface area contributed by atoms with E-state index in [-0.39, 0.29) is 11.5 Å². The number of nitrogens with zero attached hydrogens (tertiary/aromatic N) is 1. The molecule has 0 spiro atoms. The molecular weight excluding hydrogens is 260 g/mol. The van der Waals surface area contributed by atoms with Gasteiger partial charge in [-0.05, 0) is 30.4 Å². The number of benzene rings is 1. The number of nitrogens with one attached hydrogen (secondary N) is 1. The minimum Gasteiger partial charge on any atom is -0.392 e. The first-order chi connectivity index (χ1) is 10.0. The zero-order valence-electron chi connectivity index (χ0n) is 13.7. The molecule has 1 heterocycles. The summed E-state index contributed by atoms with van der Waals surface area (Å²) in [5.74, 6) is 0. The third-order valence-electron chi connectivity index (χ3n) is 4.39. The molecule has 118 valence electrons. The van der Waals surface area contributed by atoms with E-state index in [1.54, 1.807) is 0 Å². The van der Waals surface area contributed by atoms with E-state index in [9.17, 15) is 5.11 Å². The predicted molar refractivity (Wildman–Crippen MR) is 88.3 cm³/mol. The Bertz CT molecular complexity index is 418. The van der Waals surface area contributed by atoms with Crippen LogP contribution in [-0.2, 0) is 0 Å². The summed E-state index contributed by atoms with van der Waals surface area (Å²) in [5, 5.41) is 13.5. The van der Waals surface area contributed by atoms with Crippen LogP contribution in [0.15, 0.2) is 30.3 Å². The zero-order chi connectivity index (χ0) is 15.3. The topological polar surface area (TPSA) is 35.5 Å². The van der Waals surface area contributed by atoms with Gasteiger partial charge in [0.2, 0.25) is 0 Å². The van der Waals surface area contributed by atoms with Crippen molar-refractivity contribution in [3.8, 4) is 0 Å². The van der Waals surface area contributed by atoms with Crippen molar-refractivity contribution in [2.45, 2.75) is 45.8 Å². The normalized spacial score (nSPS) is 21.6. The van der Waals surface area contributed by atoms with Crippen molar-refractivity contribution in [1.29, 1.82) is 0 Å². The maximum absolute atomic E-state index is 9.74. The van der Waals surface area contributed by atoms with E-state index in [0.717, 1.165) is 39.0 Å². The number of rotatable bonds is 7. The van der Waals surface area contributed by atoms with Gasteiger partial charge in [-0.3, -0.25) is 0 Å². The molecule has 1 aliphatic rings. The Balaban J connectivity index is 2.10. The molecule has 0 bridgehead atoms. The molecule has 0 saturated carbocycles. The second-order valence-electron chi connectivity index (χ2n) is 6.96. The number of likely N-dealkylation sites (tertiary alicyclic amines) is 1. The Hall–Kier alpha value is -0.900. The van der Waals surface area contributed by atoms with Gasteiger partial charge in [0, 0.05) is 25.7 Å². The maximum atomic E-state index is 9.74. The van der Waals surface area contributed by atoms with E-state index in [1.807, 2.05) is 0 Å². The molecule has 2 unspecified atom stereocenters. The summed E-state index contributed by atoms with van der Waals surface area (Å²) in [6, 6.07) is 11.1. The highest BCUT2D eigenvalue weighted by atomic mass is 16.3. The molecule has 1 aromatic rings. The summed E-state index contributed by atoms with van der Waals surface area (Å²) < 4.78 is 0. The zero-order valence-corrected chi connectivity index (χ0v) is 13.7. The first-order valence-corrected chi connectivity index (χ1v) is 8.21. The fourth-order valence-corrected chi connectivity index (χ4v) is 3.40. The lowest BCUT2D eigenvalue weighted by Crippen LogP contribution is -2.42. The molecule has 21 heavy (non-hydrogen) atoms. The Morgan fingerprint density at radius 3 is 2.62 bits per heavy atom. The number of hydrogen-bond acceptors (Lipinski definition) is 3. The van der Waals surface area contributed by atoms with Crippen LogP contribution in [0.1, 0.15) is 45.2 Å². The number of β-amino-alcohol motifs (C(OH)–C–C–N with tert-alkyl or cyclic N) is 1. The molecule has 1 aliphatic heterocycles. The van der Waals surface area contributed by atoms with Crippen LogP contribution >= 0.6 is 0 Å². The minimum absolute atomic E-state index is 0.126. The van der Waals surface area contributed by atoms with Gasteiger partial charge in [0.05, 0.1) is 6.10 Å². The Morgan fingerprint density at radius 1 is 1.33 bits per heavy atom. The first kappa shape index (κ1) is 16.5. The van der Waals surface area contributed by atoms with Gasteiger partial charge in [-0.25, -0.2) is 0 Å². The van der Waals surface area contributed by atoms with Crippen LogP contribution in [0.25, 0.3) is 0 Å². The summed E-state index contributed by atoms with van der Waals surface area (Å²) in [6.45, 7) is 10.7. The van der Waals surface area contributed by atoms with Gasteiger partial charge >= 0.3 is 0 Å². The van der Waals surface area contributed by atoms with Crippen LogP contribution in [0, 0.1) is 5.41 Å². The van der Waals surface area contributed by atoms with Gasteiger partial charge in [0.15, 0.2) is 0 Å². The second kappa shape index (κ2) is 7.39. The highest BCUT2D eigenvalue weighted by molar-refractivity contribution is 5.21. The molecule has 0 amide bonds. The molecule has 3 nitrogen and oxygen atoms in total. The van der Waals surface area contributed by atoms with Crippen molar-refractivity contribution >= 4 is 0 Å². The van der Waals surface area contributed by atoms with E-state index in [0.29, 0.717) is 6.04 Å². The molecule has 0 aliphatic carbocycles. The molecule has 2 rings (SSSR count). The van der Waals surface area contributed by atoms with Crippen LogP contribution in [0.2, 0.25) is 0 Å². The van der Waals surface area contributed by atoms with Crippen LogP contribution in [0.5, 0.6) is 0 Å². The predicted octanol–water partition coefficient (Wildman–Crippen LogP) is 2.82. The maximum Gasteiger partial charge on any atom is 0.0679 e. The van der Waals surface area contributed by atoms with E-state index < -0.39 is 0 Å². The molecule has 0 radical (unpaired) electrons. The number of aliphatic hydroxyl groups excluding tert-OH is 1. The SMILES string of the molecule is CCCNC(c1ccccc1)C(C)(C)CN1CCC(O)C1. The summed E-state index contributed by atoms with van der Waals surface area (Å²) >= 11 is 0. The van der Waals surface area contributed by atoms with Crippen molar-refractivity contribution in [3.63, 3.8) is 0 Å². The third-order valence-corrected chi connectivity index (χ3v) is 4.39. The lowest BCUT2D eigenvalue weighted by atomic mass is 9.79. The quantitative estimate of drug-likeness (QED) is 0.810. The van der Waals surface area contributed by atoms with Gasteiger partial charge in [-0.2, -0.15) is 0 Å². The van der Waals surface area contributed by atoms with Crippen LogP contribution in [-0.4, -0.2) is 42.3 Å². The highest BCUT2D eigenvalue weighted by Gasteiger charge is 2.34. The molecule has 1 aromatic carbocycles. The summed E-state index contributed by atoms with van der Waals surface area (Å²) in [4.78, 5) is 2.40. The molecule has 1 saturated heterocycles. The minimum atomic E-state index is -0.139. The summed E-state index contributed by atoms with van der Waals surface area (Å²) in [6.07, 6.45) is 1.91. The van der Waals surface area contributed by atoms with Crippen molar-refractivity contribution in [2.75, 3.05) is 26.2 Å². The lowest BCUT2D eigenvalue weighted by molar-refractivity contribution is 0.131. The van der Waals surface area contributed by atoms with Gasteiger partial charge in [0.1, 0.15) is 0 Å². The fourth-order valence-electron chi connectivity index (χ4n) is 3.40. The number of hydrogen-bond donors (Lipinski definition) is 2. The average molecular weight is 290 g/mol. The Labute approximate surface area is 129 Å². The van der Waals surface area contributed by atoms with Crippen molar-refractivity contribution < 1.29 is 5.11 Å². The molecular formula is C18H30N2O. The first-order valence-electron chi connectivity index (χ1n) is 8.21. The van der Waals surface area contributed by atoms with E-state index in [1.165, 1.54) is 5.56 Å². The van der Waals surface area contributed by atoms with Crippen LogP contribution in [0.3, 0.4) is 0 Å². The summed E-state index contributed by atoms with van der Waals surface area (Å²) in [7, 11) is 0. The van der Waals surface area contributed by atoms with Crippen molar-refractivity contribution in [1.82, 2.24) is 10.2 Å². The van der Waals surface area contributed by atoms with Gasteiger partial charge in [-0.1, -0.05) is 51.1 Å². The highest BCUT2D eigenvalue weighted by Crippen LogP contribution is 2.35. The Morgan fingerprint density at radius 2 is 2.05 bits per heavy atom. The largest absolute Gasteiger partial charge is 0.392 e. The third kappa shape index (κ3) is 4.53. The van der Waals surface area contributed by atoms with Gasteiger partial charge in [-0.15, -0.1) is 0 Å². The molecule has 3 heteroatoms. The molecule has 1 fully saturated rings. The standard InChI is InChI=1S/C18H30N2O/c1-4-11-19-17(15-8-6-5-7-9-15)18(2,3)14-20-12-10-16(21)13-20/h5-9,16-17,19,21H,4,10-14H2,1-3H3.